The molecule has 0 aromatic carbocycles. The van der Waals surface area contributed by atoms with Crippen molar-refractivity contribution in [1.82, 2.24) is 10.4 Å². The maximum atomic E-state index is 5.82. The Morgan fingerprint density at radius 1 is 1.35 bits per heavy atom. The molecule has 0 bridgehead atoms. The lowest BCUT2D eigenvalue weighted by Crippen LogP contribution is -2.41. The highest BCUT2D eigenvalue weighted by Crippen LogP contribution is 2.33. The Labute approximate surface area is 123 Å². The van der Waals surface area contributed by atoms with Gasteiger partial charge >= 0.3 is 0 Å². The smallest absolute Gasteiger partial charge is 0.0482 e. The molecule has 0 fully saturated rings. The van der Waals surface area contributed by atoms with E-state index < -0.39 is 0 Å². The average Bonchev–Trinajstić information content (AvgIpc) is 2.51. The van der Waals surface area contributed by atoms with Crippen molar-refractivity contribution in [3.63, 3.8) is 0 Å². The summed E-state index contributed by atoms with van der Waals surface area (Å²) in [5, 5.41) is 0. The molecular formula is C17H29N3. The zero-order valence-electron chi connectivity index (χ0n) is 12.8. The summed E-state index contributed by atoms with van der Waals surface area (Å²) in [5.41, 5.74) is 5.78. The fourth-order valence-corrected chi connectivity index (χ4v) is 3.41. The summed E-state index contributed by atoms with van der Waals surface area (Å²) < 4.78 is 0. The molecule has 1 aliphatic carbocycles. The first-order chi connectivity index (χ1) is 9.86. The summed E-state index contributed by atoms with van der Waals surface area (Å²) in [6.07, 6.45) is 13.4. The van der Waals surface area contributed by atoms with Gasteiger partial charge in [0.25, 0.3) is 0 Å². The maximum Gasteiger partial charge on any atom is 0.0482 e. The predicted octanol–water partition coefficient (Wildman–Crippen LogP) is 3.69. The summed E-state index contributed by atoms with van der Waals surface area (Å²) in [6, 6.07) is 4.66. The monoisotopic (exact) mass is 275 g/mol. The van der Waals surface area contributed by atoms with Crippen LogP contribution in [0, 0.1) is 0 Å². The number of nitrogens with one attached hydrogen (secondary N) is 1. The third kappa shape index (κ3) is 4.03. The molecule has 1 aliphatic rings. The van der Waals surface area contributed by atoms with Gasteiger partial charge in [0.1, 0.15) is 0 Å². The largest absolute Gasteiger partial charge is 0.271 e. The van der Waals surface area contributed by atoms with Crippen molar-refractivity contribution < 1.29 is 0 Å². The van der Waals surface area contributed by atoms with Crippen molar-refractivity contribution >= 4 is 0 Å². The molecule has 0 saturated carbocycles. The zero-order chi connectivity index (χ0) is 14.2. The third-order valence-corrected chi connectivity index (χ3v) is 4.56. The van der Waals surface area contributed by atoms with E-state index in [-0.39, 0.29) is 0 Å². The van der Waals surface area contributed by atoms with Gasteiger partial charge in [-0.15, -0.1) is 0 Å². The minimum Gasteiger partial charge on any atom is -0.271 e. The molecule has 1 aromatic rings. The molecular weight excluding hydrogens is 246 g/mol. The summed E-state index contributed by atoms with van der Waals surface area (Å²) in [4.78, 5) is 4.63. The summed E-state index contributed by atoms with van der Waals surface area (Å²) >= 11 is 0. The van der Waals surface area contributed by atoms with E-state index in [1.807, 2.05) is 6.20 Å². The van der Waals surface area contributed by atoms with Gasteiger partial charge in [0, 0.05) is 23.9 Å². The first-order valence-electron chi connectivity index (χ1n) is 8.26. The lowest BCUT2D eigenvalue weighted by molar-refractivity contribution is 0.360. The maximum absolute atomic E-state index is 5.82. The van der Waals surface area contributed by atoms with Crippen LogP contribution < -0.4 is 11.3 Å². The first kappa shape index (κ1) is 15.5. The zero-order valence-corrected chi connectivity index (χ0v) is 12.8. The van der Waals surface area contributed by atoms with Crippen LogP contribution in [0.5, 0.6) is 0 Å². The molecule has 20 heavy (non-hydrogen) atoms. The Morgan fingerprint density at radius 2 is 2.20 bits per heavy atom. The van der Waals surface area contributed by atoms with Gasteiger partial charge in [-0.25, -0.2) is 0 Å². The highest BCUT2D eigenvalue weighted by molar-refractivity contribution is 5.27. The summed E-state index contributed by atoms with van der Waals surface area (Å²) in [7, 11) is 0. The van der Waals surface area contributed by atoms with Crippen LogP contribution >= 0.6 is 0 Å². The molecule has 3 nitrogen and oxygen atoms in total. The Balaban J connectivity index is 1.91. The van der Waals surface area contributed by atoms with Crippen molar-refractivity contribution in [2.24, 2.45) is 5.84 Å². The third-order valence-electron chi connectivity index (χ3n) is 4.56. The fraction of sp³-hybridized carbons (Fsp3) is 0.706. The number of hydrogen-bond donors (Lipinski definition) is 2. The average molecular weight is 275 g/mol. The molecule has 0 radical (unpaired) electrons. The number of fused-ring (bicyclic) bond motifs is 1. The second-order valence-corrected chi connectivity index (χ2v) is 6.02. The minimum absolute atomic E-state index is 0.380. The predicted molar refractivity (Wildman–Crippen MR) is 84.4 cm³/mol. The molecule has 3 heteroatoms. The number of hydrogen-bond acceptors (Lipinski definition) is 3. The topological polar surface area (TPSA) is 50.9 Å². The summed E-state index contributed by atoms with van der Waals surface area (Å²) in [6.45, 7) is 2.26. The van der Waals surface area contributed by atoms with Gasteiger partial charge in [0.2, 0.25) is 0 Å². The Kier molecular flexibility index (Phi) is 6.48. The first-order valence-corrected chi connectivity index (χ1v) is 8.26. The van der Waals surface area contributed by atoms with Gasteiger partial charge in [0.05, 0.1) is 0 Å². The number of pyridine rings is 1. The standard InChI is InChI=1S/C17H29N3/c1-2-3-4-5-6-12-16(20-18)15-11-7-9-14-10-8-13-19-17(14)15/h8,10,13,15-16,20H,2-7,9,11-12,18H2,1H3. The number of nitrogens with zero attached hydrogens (tertiary/aromatic N) is 1. The van der Waals surface area contributed by atoms with Crippen LogP contribution in [0.2, 0.25) is 0 Å². The van der Waals surface area contributed by atoms with E-state index in [4.69, 9.17) is 5.84 Å². The molecule has 112 valence electrons. The van der Waals surface area contributed by atoms with Crippen LogP contribution in [0.4, 0.5) is 0 Å². The Hall–Kier alpha value is -0.930. The van der Waals surface area contributed by atoms with E-state index in [1.54, 1.807) is 0 Å². The van der Waals surface area contributed by atoms with Crippen molar-refractivity contribution in [2.45, 2.75) is 76.7 Å². The molecule has 0 spiro atoms. The number of nitrogens with two attached hydrogens (primary N) is 1. The van der Waals surface area contributed by atoms with Crippen LogP contribution in [0.1, 0.15) is 75.5 Å². The number of aromatic nitrogens is 1. The van der Waals surface area contributed by atoms with Gasteiger partial charge < -0.3 is 0 Å². The second kappa shape index (κ2) is 8.38. The number of hydrazine groups is 1. The lowest BCUT2D eigenvalue weighted by atomic mass is 9.80. The molecule has 2 unspecified atom stereocenters. The van der Waals surface area contributed by atoms with Crippen LogP contribution in [-0.4, -0.2) is 11.0 Å². The number of unbranched alkanes of at least 4 members (excludes halogenated alkanes) is 4. The molecule has 2 atom stereocenters. The van der Waals surface area contributed by atoms with Gasteiger partial charge in [0.15, 0.2) is 0 Å². The second-order valence-electron chi connectivity index (χ2n) is 6.02. The Morgan fingerprint density at radius 3 is 3.00 bits per heavy atom. The van der Waals surface area contributed by atoms with Crippen molar-refractivity contribution in [3.05, 3.63) is 29.6 Å². The molecule has 0 amide bonds. The van der Waals surface area contributed by atoms with Crippen LogP contribution in [-0.2, 0) is 6.42 Å². The van der Waals surface area contributed by atoms with Gasteiger partial charge in [-0.3, -0.25) is 16.3 Å². The van der Waals surface area contributed by atoms with E-state index in [2.05, 4.69) is 29.5 Å². The van der Waals surface area contributed by atoms with E-state index in [0.29, 0.717) is 12.0 Å². The molecule has 2 rings (SSSR count). The van der Waals surface area contributed by atoms with Gasteiger partial charge in [-0.2, -0.15) is 0 Å². The fourth-order valence-electron chi connectivity index (χ4n) is 3.41. The van der Waals surface area contributed by atoms with E-state index in [0.717, 1.165) is 0 Å². The van der Waals surface area contributed by atoms with Crippen LogP contribution in [0.25, 0.3) is 0 Å². The number of rotatable bonds is 8. The van der Waals surface area contributed by atoms with E-state index >= 15 is 0 Å². The lowest BCUT2D eigenvalue weighted by Gasteiger charge is -2.31. The molecule has 3 N–H and O–H groups in total. The molecule has 0 aliphatic heterocycles. The normalized spacial score (nSPS) is 19.6. The quantitative estimate of drug-likeness (QED) is 0.432. The molecule has 1 aromatic heterocycles. The summed E-state index contributed by atoms with van der Waals surface area (Å²) in [5.74, 6) is 6.32. The van der Waals surface area contributed by atoms with Crippen LogP contribution in [0.3, 0.4) is 0 Å². The van der Waals surface area contributed by atoms with Gasteiger partial charge in [-0.1, -0.05) is 45.1 Å². The SMILES string of the molecule is CCCCCCCC(NN)C1CCCc2cccnc21. The highest BCUT2D eigenvalue weighted by atomic mass is 15.2. The van der Waals surface area contributed by atoms with Crippen molar-refractivity contribution in [3.8, 4) is 0 Å². The highest BCUT2D eigenvalue weighted by Gasteiger charge is 2.27. The van der Waals surface area contributed by atoms with E-state index in [9.17, 15) is 0 Å². The molecule has 0 saturated heterocycles. The van der Waals surface area contributed by atoms with Crippen LogP contribution in [0.15, 0.2) is 18.3 Å². The Bertz CT molecular complexity index is 392. The van der Waals surface area contributed by atoms with Crippen molar-refractivity contribution in [1.29, 1.82) is 0 Å². The minimum atomic E-state index is 0.380. The molecule has 1 heterocycles. The van der Waals surface area contributed by atoms with Crippen molar-refractivity contribution in [2.75, 3.05) is 0 Å². The number of aryl methyl sites for hydroxylation is 1. The van der Waals surface area contributed by atoms with Gasteiger partial charge in [-0.05, 0) is 37.3 Å². The van der Waals surface area contributed by atoms with E-state index in [1.165, 1.54) is 69.0 Å².